The normalized spacial score (nSPS) is 14.2. The van der Waals surface area contributed by atoms with E-state index in [0.717, 1.165) is 18.7 Å². The second-order valence-electron chi connectivity index (χ2n) is 7.65. The molecule has 2 amide bonds. The minimum atomic E-state index is -0.409. The van der Waals surface area contributed by atoms with E-state index < -0.39 is 5.97 Å². The summed E-state index contributed by atoms with van der Waals surface area (Å²) in [6.45, 7) is 3.25. The van der Waals surface area contributed by atoms with Crippen molar-refractivity contribution < 1.29 is 19.1 Å². The van der Waals surface area contributed by atoms with Gasteiger partial charge in [0.15, 0.2) is 0 Å². The summed E-state index contributed by atoms with van der Waals surface area (Å²) < 4.78 is 5.21. The van der Waals surface area contributed by atoms with Crippen LogP contribution in [0.25, 0.3) is 0 Å². The van der Waals surface area contributed by atoms with Gasteiger partial charge in [0.1, 0.15) is 0 Å². The fourth-order valence-corrected chi connectivity index (χ4v) is 3.39. The maximum absolute atomic E-state index is 12.9. The van der Waals surface area contributed by atoms with Gasteiger partial charge < -0.3 is 19.9 Å². The first-order valence-corrected chi connectivity index (χ1v) is 10.6. The molecule has 0 saturated carbocycles. The van der Waals surface area contributed by atoms with Crippen LogP contribution in [0.1, 0.15) is 28.8 Å². The van der Waals surface area contributed by atoms with Crippen molar-refractivity contribution in [3.63, 3.8) is 0 Å². The lowest BCUT2D eigenvalue weighted by Gasteiger charge is -2.32. The highest BCUT2D eigenvalue weighted by atomic mass is 16.5. The smallest absolute Gasteiger partial charge is 0.306 e. The molecule has 1 heterocycles. The molecule has 1 saturated heterocycles. The van der Waals surface area contributed by atoms with Gasteiger partial charge in [0.05, 0.1) is 24.3 Å². The molecule has 0 spiro atoms. The number of hydrogen-bond acceptors (Lipinski definition) is 5. The number of para-hydroxylation sites is 1. The summed E-state index contributed by atoms with van der Waals surface area (Å²) in [7, 11) is 2.03. The number of hydrogen-bond donors (Lipinski definition) is 1. The van der Waals surface area contributed by atoms with Crippen molar-refractivity contribution in [1.82, 2.24) is 9.80 Å². The zero-order valence-corrected chi connectivity index (χ0v) is 17.9. The molecule has 1 aliphatic heterocycles. The molecule has 31 heavy (non-hydrogen) atoms. The summed E-state index contributed by atoms with van der Waals surface area (Å²) in [5.41, 5.74) is 2.02. The minimum absolute atomic E-state index is 0.00119. The molecule has 0 bridgehead atoms. The number of rotatable bonds is 8. The third-order valence-electron chi connectivity index (χ3n) is 5.27. The molecule has 1 aliphatic rings. The average molecular weight is 424 g/mol. The Morgan fingerprint density at radius 3 is 2.32 bits per heavy atom. The van der Waals surface area contributed by atoms with Gasteiger partial charge in [-0.05, 0) is 24.7 Å². The highest BCUT2D eigenvalue weighted by molar-refractivity contribution is 6.04. The Morgan fingerprint density at radius 2 is 1.58 bits per heavy atom. The summed E-state index contributed by atoms with van der Waals surface area (Å²) in [6, 6.07) is 16.7. The van der Waals surface area contributed by atoms with E-state index in [1.807, 2.05) is 37.4 Å². The Bertz CT molecular complexity index is 893. The maximum atomic E-state index is 12.9. The van der Waals surface area contributed by atoms with E-state index in [2.05, 4.69) is 10.2 Å². The third-order valence-corrected chi connectivity index (χ3v) is 5.27. The number of benzene rings is 2. The zero-order valence-electron chi connectivity index (χ0n) is 17.9. The summed E-state index contributed by atoms with van der Waals surface area (Å²) >= 11 is 0. The number of nitrogens with zero attached hydrogens (tertiary/aromatic N) is 2. The molecule has 3 rings (SSSR count). The number of anilines is 1. The largest absolute Gasteiger partial charge is 0.465 e. The third kappa shape index (κ3) is 6.93. The van der Waals surface area contributed by atoms with Crippen LogP contribution >= 0.6 is 0 Å². The zero-order chi connectivity index (χ0) is 22.1. The predicted molar refractivity (Wildman–Crippen MR) is 119 cm³/mol. The Labute approximate surface area is 183 Å². The Morgan fingerprint density at radius 1 is 0.903 bits per heavy atom. The predicted octanol–water partition coefficient (Wildman–Crippen LogP) is 2.58. The van der Waals surface area contributed by atoms with Crippen molar-refractivity contribution in [2.45, 2.75) is 19.3 Å². The molecule has 7 nitrogen and oxygen atoms in total. The van der Waals surface area contributed by atoms with Gasteiger partial charge in [-0.1, -0.05) is 42.5 Å². The Kier molecular flexibility index (Phi) is 8.18. The molecule has 0 radical (unpaired) electrons. The number of carbonyl (C=O) groups excluding carboxylic acids is 3. The molecule has 2 aromatic rings. The minimum Gasteiger partial charge on any atom is -0.465 e. The summed E-state index contributed by atoms with van der Waals surface area (Å²) in [4.78, 5) is 41.2. The van der Waals surface area contributed by atoms with E-state index in [1.54, 1.807) is 29.2 Å². The first-order chi connectivity index (χ1) is 15.0. The SMILES string of the molecule is CN1CCN(C(=O)c2ccccc2NC(=O)CCC(=O)OCCc2ccccc2)CC1. The van der Waals surface area contributed by atoms with Gasteiger partial charge in [-0.2, -0.15) is 0 Å². The first kappa shape index (κ1) is 22.5. The molecule has 2 aromatic carbocycles. The van der Waals surface area contributed by atoms with E-state index >= 15 is 0 Å². The lowest BCUT2D eigenvalue weighted by molar-refractivity contribution is -0.144. The second-order valence-corrected chi connectivity index (χ2v) is 7.65. The molecule has 7 heteroatoms. The van der Waals surface area contributed by atoms with Crippen LogP contribution in [0.3, 0.4) is 0 Å². The van der Waals surface area contributed by atoms with Crippen LogP contribution < -0.4 is 5.32 Å². The average Bonchev–Trinajstić information content (AvgIpc) is 2.79. The van der Waals surface area contributed by atoms with Gasteiger partial charge in [-0.3, -0.25) is 14.4 Å². The summed E-state index contributed by atoms with van der Waals surface area (Å²) in [5, 5.41) is 2.77. The highest BCUT2D eigenvalue weighted by Crippen LogP contribution is 2.19. The van der Waals surface area contributed by atoms with Crippen LogP contribution in [-0.2, 0) is 20.7 Å². The van der Waals surface area contributed by atoms with Gasteiger partial charge >= 0.3 is 5.97 Å². The molecule has 0 atom stereocenters. The lowest BCUT2D eigenvalue weighted by atomic mass is 10.1. The lowest BCUT2D eigenvalue weighted by Crippen LogP contribution is -2.47. The van der Waals surface area contributed by atoms with Crippen molar-refractivity contribution in [2.24, 2.45) is 0 Å². The van der Waals surface area contributed by atoms with Crippen LogP contribution in [0.5, 0.6) is 0 Å². The molecule has 0 aliphatic carbocycles. The number of nitrogens with one attached hydrogen (secondary N) is 1. The van der Waals surface area contributed by atoms with E-state index in [0.29, 0.717) is 30.8 Å². The topological polar surface area (TPSA) is 79.0 Å². The van der Waals surface area contributed by atoms with Gasteiger partial charge in [0.25, 0.3) is 5.91 Å². The van der Waals surface area contributed by atoms with Crippen molar-refractivity contribution in [3.05, 3.63) is 65.7 Å². The molecule has 164 valence electrons. The van der Waals surface area contributed by atoms with E-state index in [9.17, 15) is 14.4 Å². The highest BCUT2D eigenvalue weighted by Gasteiger charge is 2.23. The number of likely N-dealkylation sites (N-methyl/N-ethyl adjacent to an activating group) is 1. The van der Waals surface area contributed by atoms with Crippen LogP contribution in [-0.4, -0.2) is 67.4 Å². The van der Waals surface area contributed by atoms with Crippen molar-refractivity contribution >= 4 is 23.5 Å². The van der Waals surface area contributed by atoms with Gasteiger partial charge in [-0.15, -0.1) is 0 Å². The number of esters is 1. The van der Waals surface area contributed by atoms with Crippen LogP contribution in [0.15, 0.2) is 54.6 Å². The van der Waals surface area contributed by atoms with Crippen LogP contribution in [0.4, 0.5) is 5.69 Å². The number of carbonyl (C=O) groups is 3. The molecular formula is C24H29N3O4. The van der Waals surface area contributed by atoms with Crippen LogP contribution in [0, 0.1) is 0 Å². The number of piperazine rings is 1. The number of amides is 2. The Balaban J connectivity index is 1.46. The molecule has 0 unspecified atom stereocenters. The van der Waals surface area contributed by atoms with Gasteiger partial charge in [-0.25, -0.2) is 0 Å². The Hall–Kier alpha value is -3.19. The number of ether oxygens (including phenoxy) is 1. The molecule has 1 N–H and O–H groups in total. The fourth-order valence-electron chi connectivity index (χ4n) is 3.39. The van der Waals surface area contributed by atoms with Gasteiger partial charge in [0, 0.05) is 39.0 Å². The van der Waals surface area contributed by atoms with E-state index in [-0.39, 0.29) is 31.3 Å². The van der Waals surface area contributed by atoms with E-state index in [1.165, 1.54) is 0 Å². The second kappa shape index (κ2) is 11.3. The van der Waals surface area contributed by atoms with Crippen molar-refractivity contribution in [3.8, 4) is 0 Å². The quantitative estimate of drug-likeness (QED) is 0.661. The van der Waals surface area contributed by atoms with Crippen molar-refractivity contribution in [2.75, 3.05) is 45.2 Å². The summed E-state index contributed by atoms with van der Waals surface area (Å²) in [6.07, 6.45) is 0.636. The fraction of sp³-hybridized carbons (Fsp3) is 0.375. The van der Waals surface area contributed by atoms with E-state index in [4.69, 9.17) is 4.74 Å². The summed E-state index contributed by atoms with van der Waals surface area (Å²) in [5.74, 6) is -0.823. The molecule has 0 aromatic heterocycles. The first-order valence-electron chi connectivity index (χ1n) is 10.6. The maximum Gasteiger partial charge on any atom is 0.306 e. The van der Waals surface area contributed by atoms with Gasteiger partial charge in [0.2, 0.25) is 5.91 Å². The molecular weight excluding hydrogens is 394 g/mol. The van der Waals surface area contributed by atoms with Crippen molar-refractivity contribution in [1.29, 1.82) is 0 Å². The standard InChI is InChI=1S/C24H29N3O4/c1-26-14-16-27(17-15-26)24(30)20-9-5-6-10-21(20)25-22(28)11-12-23(29)31-18-13-19-7-3-2-4-8-19/h2-10H,11-18H2,1H3,(H,25,28). The monoisotopic (exact) mass is 423 g/mol. The van der Waals surface area contributed by atoms with Crippen LogP contribution in [0.2, 0.25) is 0 Å². The molecule has 1 fully saturated rings.